The Morgan fingerprint density at radius 1 is 1.42 bits per heavy atom. The number of hydrogen-bond donors (Lipinski definition) is 1. The van der Waals surface area contributed by atoms with Crippen molar-refractivity contribution < 1.29 is 14.8 Å². The van der Waals surface area contributed by atoms with Crippen LogP contribution in [-0.4, -0.2) is 36.0 Å². The second-order valence-electron chi connectivity index (χ2n) is 4.18. The Hall–Kier alpha value is -1.95. The van der Waals surface area contributed by atoms with E-state index >= 15 is 0 Å². The Bertz CT molecular complexity index is 448. The van der Waals surface area contributed by atoms with Gasteiger partial charge < -0.3 is 10.0 Å². The van der Waals surface area contributed by atoms with Crippen molar-refractivity contribution >= 4 is 17.7 Å². The maximum absolute atomic E-state index is 10.9. The molecule has 0 heterocycles. The van der Waals surface area contributed by atoms with E-state index in [4.69, 9.17) is 5.11 Å². The maximum atomic E-state index is 10.9. The molecule has 1 aromatic carbocycles. The smallest absolute Gasteiger partial charge is 0.280 e. The quantitative estimate of drug-likeness (QED) is 0.442. The van der Waals surface area contributed by atoms with E-state index in [9.17, 15) is 14.9 Å². The number of hydrogen-bond acceptors (Lipinski definition) is 5. The molecule has 0 spiro atoms. The normalized spacial score (nSPS) is 10.2. The topological polar surface area (TPSA) is 83.7 Å². The highest BCUT2D eigenvalue weighted by Gasteiger charge is 2.15. The van der Waals surface area contributed by atoms with Crippen LogP contribution in [0.1, 0.15) is 30.1 Å². The van der Waals surface area contributed by atoms with E-state index in [-0.39, 0.29) is 17.9 Å². The van der Waals surface area contributed by atoms with Gasteiger partial charge in [0.05, 0.1) is 17.1 Å². The number of rotatable bonds is 8. The highest BCUT2D eigenvalue weighted by Crippen LogP contribution is 2.24. The zero-order chi connectivity index (χ0) is 14.3. The van der Waals surface area contributed by atoms with Gasteiger partial charge in [-0.2, -0.15) is 0 Å². The second kappa shape index (κ2) is 7.48. The number of nitrogens with zero attached hydrogens (tertiary/aromatic N) is 2. The predicted molar refractivity (Wildman–Crippen MR) is 72.7 cm³/mol. The molecule has 0 radical (unpaired) electrons. The lowest BCUT2D eigenvalue weighted by Crippen LogP contribution is -2.27. The number of unbranched alkanes of at least 4 members (excludes halogenated alkanes) is 1. The molecule has 6 heteroatoms. The van der Waals surface area contributed by atoms with Crippen LogP contribution in [0.3, 0.4) is 0 Å². The SMILES string of the molecule is CCCCN(CCO)c1ccc([N+](=O)[O-])c(C=O)c1. The number of aliphatic hydroxyl groups is 1. The minimum atomic E-state index is -0.573. The Labute approximate surface area is 111 Å². The Morgan fingerprint density at radius 3 is 2.68 bits per heavy atom. The summed E-state index contributed by atoms with van der Waals surface area (Å²) in [5.74, 6) is 0. The first-order chi connectivity index (χ1) is 9.13. The van der Waals surface area contributed by atoms with Gasteiger partial charge in [-0.05, 0) is 18.6 Å². The van der Waals surface area contributed by atoms with E-state index in [2.05, 4.69) is 6.92 Å². The third kappa shape index (κ3) is 4.03. The molecule has 0 saturated heterocycles. The average molecular weight is 266 g/mol. The number of nitro benzene ring substituents is 1. The molecular formula is C13H18N2O4. The van der Waals surface area contributed by atoms with Crippen LogP contribution < -0.4 is 4.90 Å². The number of anilines is 1. The predicted octanol–water partition coefficient (Wildman–Crippen LogP) is 2.01. The van der Waals surface area contributed by atoms with Gasteiger partial charge in [0.1, 0.15) is 0 Å². The van der Waals surface area contributed by atoms with Gasteiger partial charge in [-0.25, -0.2) is 0 Å². The molecule has 0 aliphatic carbocycles. The highest BCUT2D eigenvalue weighted by atomic mass is 16.6. The molecule has 0 bridgehead atoms. The summed E-state index contributed by atoms with van der Waals surface area (Å²) in [6, 6.07) is 4.43. The standard InChI is InChI=1S/C13H18N2O4/c1-2-3-6-14(7-8-16)12-4-5-13(15(18)19)11(9-12)10-17/h4-5,9-10,16H,2-3,6-8H2,1H3. The first-order valence-electron chi connectivity index (χ1n) is 6.23. The fourth-order valence-electron chi connectivity index (χ4n) is 1.84. The molecule has 0 aliphatic heterocycles. The van der Waals surface area contributed by atoms with Gasteiger partial charge in [-0.3, -0.25) is 14.9 Å². The second-order valence-corrected chi connectivity index (χ2v) is 4.18. The van der Waals surface area contributed by atoms with E-state index in [1.807, 2.05) is 4.90 Å². The van der Waals surface area contributed by atoms with Gasteiger partial charge in [0.15, 0.2) is 6.29 Å². The summed E-state index contributed by atoms with van der Waals surface area (Å²) < 4.78 is 0. The molecule has 0 fully saturated rings. The lowest BCUT2D eigenvalue weighted by molar-refractivity contribution is -0.385. The first kappa shape index (κ1) is 15.1. The van der Waals surface area contributed by atoms with Crippen molar-refractivity contribution in [2.24, 2.45) is 0 Å². The molecule has 0 amide bonds. The summed E-state index contributed by atoms with van der Waals surface area (Å²) in [5.41, 5.74) is 0.579. The molecule has 0 atom stereocenters. The fourth-order valence-corrected chi connectivity index (χ4v) is 1.84. The number of nitro groups is 1. The first-order valence-corrected chi connectivity index (χ1v) is 6.23. The molecule has 104 valence electrons. The summed E-state index contributed by atoms with van der Waals surface area (Å²) >= 11 is 0. The van der Waals surface area contributed by atoms with Crippen molar-refractivity contribution in [3.8, 4) is 0 Å². The van der Waals surface area contributed by atoms with E-state index < -0.39 is 4.92 Å². The van der Waals surface area contributed by atoms with Crippen molar-refractivity contribution in [3.63, 3.8) is 0 Å². The van der Waals surface area contributed by atoms with Crippen LogP contribution in [0.2, 0.25) is 0 Å². The molecule has 0 unspecified atom stereocenters. The van der Waals surface area contributed by atoms with Crippen LogP contribution >= 0.6 is 0 Å². The largest absolute Gasteiger partial charge is 0.395 e. The summed E-state index contributed by atoms with van der Waals surface area (Å²) in [6.45, 7) is 3.24. The lowest BCUT2D eigenvalue weighted by atomic mass is 10.1. The molecule has 19 heavy (non-hydrogen) atoms. The molecule has 6 nitrogen and oxygen atoms in total. The van der Waals surface area contributed by atoms with Crippen molar-refractivity contribution in [2.45, 2.75) is 19.8 Å². The van der Waals surface area contributed by atoms with Gasteiger partial charge in [0.25, 0.3) is 5.69 Å². The Morgan fingerprint density at radius 2 is 2.16 bits per heavy atom. The molecule has 0 aromatic heterocycles. The fraction of sp³-hybridized carbons (Fsp3) is 0.462. The minimum absolute atomic E-state index is 0.00285. The van der Waals surface area contributed by atoms with Crippen LogP contribution in [0.4, 0.5) is 11.4 Å². The summed E-state index contributed by atoms with van der Waals surface area (Å²) in [4.78, 5) is 23.0. The number of carbonyl (C=O) groups is 1. The summed E-state index contributed by atoms with van der Waals surface area (Å²) in [5, 5.41) is 19.8. The highest BCUT2D eigenvalue weighted by molar-refractivity contribution is 5.83. The molecule has 1 N–H and O–H groups in total. The van der Waals surface area contributed by atoms with E-state index in [0.29, 0.717) is 12.8 Å². The van der Waals surface area contributed by atoms with Crippen LogP contribution in [0, 0.1) is 10.1 Å². The summed E-state index contributed by atoms with van der Waals surface area (Å²) in [6.07, 6.45) is 2.45. The Balaban J connectivity index is 3.03. The molecule has 1 rings (SSSR count). The molecular weight excluding hydrogens is 248 g/mol. The van der Waals surface area contributed by atoms with Gasteiger partial charge in [0, 0.05) is 24.8 Å². The maximum Gasteiger partial charge on any atom is 0.280 e. The summed E-state index contributed by atoms with van der Waals surface area (Å²) in [7, 11) is 0. The third-order valence-corrected chi connectivity index (χ3v) is 2.85. The third-order valence-electron chi connectivity index (χ3n) is 2.85. The number of aliphatic hydroxyl groups excluding tert-OH is 1. The molecule has 0 saturated carbocycles. The molecule has 1 aromatic rings. The van der Waals surface area contributed by atoms with E-state index in [1.165, 1.54) is 12.1 Å². The van der Waals surface area contributed by atoms with E-state index in [0.717, 1.165) is 25.1 Å². The number of benzene rings is 1. The monoisotopic (exact) mass is 266 g/mol. The van der Waals surface area contributed by atoms with Crippen LogP contribution in [0.5, 0.6) is 0 Å². The van der Waals surface area contributed by atoms with Gasteiger partial charge >= 0.3 is 0 Å². The lowest BCUT2D eigenvalue weighted by Gasteiger charge is -2.23. The van der Waals surface area contributed by atoms with Crippen molar-refractivity contribution in [2.75, 3.05) is 24.6 Å². The van der Waals surface area contributed by atoms with E-state index in [1.54, 1.807) is 6.07 Å². The van der Waals surface area contributed by atoms with Crippen molar-refractivity contribution in [3.05, 3.63) is 33.9 Å². The van der Waals surface area contributed by atoms with Gasteiger partial charge in [0.2, 0.25) is 0 Å². The van der Waals surface area contributed by atoms with Crippen LogP contribution in [0.25, 0.3) is 0 Å². The van der Waals surface area contributed by atoms with Crippen LogP contribution in [-0.2, 0) is 0 Å². The number of carbonyl (C=O) groups excluding carboxylic acids is 1. The number of aldehydes is 1. The minimum Gasteiger partial charge on any atom is -0.395 e. The van der Waals surface area contributed by atoms with Gasteiger partial charge in [-0.15, -0.1) is 0 Å². The van der Waals surface area contributed by atoms with Crippen molar-refractivity contribution in [1.82, 2.24) is 0 Å². The molecule has 0 aliphatic rings. The van der Waals surface area contributed by atoms with Crippen LogP contribution in [0.15, 0.2) is 18.2 Å². The average Bonchev–Trinajstić information content (AvgIpc) is 2.42. The Kier molecular flexibility index (Phi) is 5.95. The zero-order valence-corrected chi connectivity index (χ0v) is 10.9. The zero-order valence-electron chi connectivity index (χ0n) is 10.9. The van der Waals surface area contributed by atoms with Gasteiger partial charge in [-0.1, -0.05) is 13.3 Å². The van der Waals surface area contributed by atoms with Crippen molar-refractivity contribution in [1.29, 1.82) is 0 Å².